The SMILES string of the molecule is Cc1cc(O)c(CN2CCN(C3CCS(=O)(=O)C3)CC2)cc1C. The van der Waals surface area contributed by atoms with Gasteiger partial charge in [0.2, 0.25) is 0 Å². The second-order valence-electron chi connectivity index (χ2n) is 6.93. The Hall–Kier alpha value is -1.11. The van der Waals surface area contributed by atoms with E-state index in [-0.39, 0.29) is 6.04 Å². The number of phenols is 1. The summed E-state index contributed by atoms with van der Waals surface area (Å²) in [4.78, 5) is 4.66. The fraction of sp³-hybridized carbons (Fsp3) is 0.647. The van der Waals surface area contributed by atoms with Gasteiger partial charge in [-0.3, -0.25) is 9.80 Å². The summed E-state index contributed by atoms with van der Waals surface area (Å²) in [5, 5.41) is 10.1. The highest BCUT2D eigenvalue weighted by Gasteiger charge is 2.33. The molecule has 23 heavy (non-hydrogen) atoms. The van der Waals surface area contributed by atoms with Gasteiger partial charge >= 0.3 is 0 Å². The second-order valence-corrected chi connectivity index (χ2v) is 9.16. The Balaban J connectivity index is 1.57. The number of phenolic OH excluding ortho intramolecular Hbond substituents is 1. The number of hydrogen-bond donors (Lipinski definition) is 1. The number of hydrogen-bond acceptors (Lipinski definition) is 5. The quantitative estimate of drug-likeness (QED) is 0.900. The largest absolute Gasteiger partial charge is 0.508 e. The van der Waals surface area contributed by atoms with Crippen LogP contribution in [0, 0.1) is 13.8 Å². The predicted molar refractivity (Wildman–Crippen MR) is 91.5 cm³/mol. The van der Waals surface area contributed by atoms with Gasteiger partial charge in [-0.15, -0.1) is 0 Å². The second kappa shape index (κ2) is 6.42. The Morgan fingerprint density at radius 1 is 1.13 bits per heavy atom. The fourth-order valence-electron chi connectivity index (χ4n) is 3.58. The molecular formula is C17H26N2O3S. The number of rotatable bonds is 3. The summed E-state index contributed by atoms with van der Waals surface area (Å²) in [7, 11) is -2.81. The Morgan fingerprint density at radius 3 is 2.39 bits per heavy atom. The molecule has 2 heterocycles. The number of sulfone groups is 1. The van der Waals surface area contributed by atoms with E-state index in [0.717, 1.165) is 50.3 Å². The van der Waals surface area contributed by atoms with Gasteiger partial charge in [-0.05, 0) is 37.5 Å². The minimum Gasteiger partial charge on any atom is -0.508 e. The van der Waals surface area contributed by atoms with Gasteiger partial charge in [-0.25, -0.2) is 8.42 Å². The first kappa shape index (κ1) is 16.7. The first-order valence-electron chi connectivity index (χ1n) is 8.30. The van der Waals surface area contributed by atoms with E-state index < -0.39 is 9.84 Å². The fourth-order valence-corrected chi connectivity index (χ4v) is 5.34. The van der Waals surface area contributed by atoms with Crippen LogP contribution >= 0.6 is 0 Å². The van der Waals surface area contributed by atoms with Gasteiger partial charge in [0, 0.05) is 44.3 Å². The molecule has 1 aromatic carbocycles. The molecule has 0 aliphatic carbocycles. The lowest BCUT2D eigenvalue weighted by Gasteiger charge is -2.37. The Kier molecular flexibility index (Phi) is 4.67. The topological polar surface area (TPSA) is 60.9 Å². The maximum Gasteiger partial charge on any atom is 0.151 e. The van der Waals surface area contributed by atoms with Crippen LogP contribution < -0.4 is 0 Å². The van der Waals surface area contributed by atoms with Crippen molar-refractivity contribution in [2.24, 2.45) is 0 Å². The van der Waals surface area contributed by atoms with Gasteiger partial charge in [0.15, 0.2) is 9.84 Å². The molecule has 1 atom stereocenters. The van der Waals surface area contributed by atoms with Crippen LogP contribution in [0.3, 0.4) is 0 Å². The van der Waals surface area contributed by atoms with Crippen LogP contribution in [0.25, 0.3) is 0 Å². The van der Waals surface area contributed by atoms with Crippen molar-refractivity contribution in [1.82, 2.24) is 9.80 Å². The highest BCUT2D eigenvalue weighted by atomic mass is 32.2. The molecule has 2 saturated heterocycles. The minimum absolute atomic E-state index is 0.206. The highest BCUT2D eigenvalue weighted by Crippen LogP contribution is 2.24. The first-order chi connectivity index (χ1) is 10.8. The maximum absolute atomic E-state index is 11.6. The van der Waals surface area contributed by atoms with E-state index in [1.807, 2.05) is 13.0 Å². The first-order valence-corrected chi connectivity index (χ1v) is 10.1. The number of piperazine rings is 1. The molecule has 1 N–H and O–H groups in total. The molecule has 0 amide bonds. The van der Waals surface area contributed by atoms with Crippen molar-refractivity contribution in [3.8, 4) is 5.75 Å². The molecule has 6 heteroatoms. The van der Waals surface area contributed by atoms with Crippen LogP contribution in [-0.2, 0) is 16.4 Å². The summed E-state index contributed by atoms with van der Waals surface area (Å²) in [6, 6.07) is 4.11. The third-order valence-electron chi connectivity index (χ3n) is 5.22. The van der Waals surface area contributed by atoms with E-state index in [0.29, 0.717) is 17.3 Å². The Labute approximate surface area is 138 Å². The molecule has 0 saturated carbocycles. The summed E-state index contributed by atoms with van der Waals surface area (Å²) in [5.41, 5.74) is 3.29. The molecule has 1 unspecified atom stereocenters. The molecule has 1 aromatic rings. The summed E-state index contributed by atoms with van der Waals surface area (Å²) < 4.78 is 23.2. The molecule has 0 bridgehead atoms. The average Bonchev–Trinajstić information content (AvgIpc) is 2.86. The van der Waals surface area contributed by atoms with E-state index in [1.54, 1.807) is 0 Å². The van der Waals surface area contributed by atoms with E-state index in [9.17, 15) is 13.5 Å². The molecule has 2 aliphatic rings. The molecule has 128 valence electrons. The third kappa shape index (κ3) is 3.87. The van der Waals surface area contributed by atoms with E-state index >= 15 is 0 Å². The van der Waals surface area contributed by atoms with Gasteiger partial charge in [0.25, 0.3) is 0 Å². The van der Waals surface area contributed by atoms with Gasteiger partial charge in [-0.1, -0.05) is 6.07 Å². The predicted octanol–water partition coefficient (Wildman–Crippen LogP) is 1.31. The standard InChI is InChI=1S/C17H26N2O3S/c1-13-9-15(17(20)10-14(13)2)11-18-4-6-19(7-5-18)16-3-8-23(21,22)12-16/h9-10,16,20H,3-8,11-12H2,1-2H3. The molecule has 0 spiro atoms. The highest BCUT2D eigenvalue weighted by molar-refractivity contribution is 7.91. The number of aryl methyl sites for hydroxylation is 2. The summed E-state index contributed by atoms with van der Waals surface area (Å²) >= 11 is 0. The van der Waals surface area contributed by atoms with Gasteiger partial charge in [0.05, 0.1) is 11.5 Å². The number of benzene rings is 1. The Morgan fingerprint density at radius 2 is 1.78 bits per heavy atom. The normalized spacial score (nSPS) is 25.7. The third-order valence-corrected chi connectivity index (χ3v) is 6.97. The minimum atomic E-state index is -2.81. The van der Waals surface area contributed by atoms with E-state index in [2.05, 4.69) is 22.8 Å². The zero-order valence-corrected chi connectivity index (χ0v) is 14.8. The van der Waals surface area contributed by atoms with Crippen molar-refractivity contribution in [2.45, 2.75) is 32.9 Å². The molecule has 2 aliphatic heterocycles. The zero-order chi connectivity index (χ0) is 16.6. The zero-order valence-electron chi connectivity index (χ0n) is 14.0. The van der Waals surface area contributed by atoms with Crippen LogP contribution in [-0.4, -0.2) is 67.1 Å². The van der Waals surface area contributed by atoms with Crippen molar-refractivity contribution in [1.29, 1.82) is 0 Å². The molecule has 0 radical (unpaired) electrons. The summed E-state index contributed by atoms with van der Waals surface area (Å²) in [6.45, 7) is 8.48. The number of nitrogens with zero attached hydrogens (tertiary/aromatic N) is 2. The van der Waals surface area contributed by atoms with Gasteiger partial charge in [0.1, 0.15) is 5.75 Å². The molecule has 5 nitrogen and oxygen atoms in total. The average molecular weight is 338 g/mol. The van der Waals surface area contributed by atoms with Crippen molar-refractivity contribution in [3.05, 3.63) is 28.8 Å². The number of aromatic hydroxyl groups is 1. The van der Waals surface area contributed by atoms with Crippen LogP contribution in [0.5, 0.6) is 5.75 Å². The molecule has 0 aromatic heterocycles. The summed E-state index contributed by atoms with van der Waals surface area (Å²) in [6.07, 6.45) is 0.778. The van der Waals surface area contributed by atoms with Gasteiger partial charge in [-0.2, -0.15) is 0 Å². The lowest BCUT2D eigenvalue weighted by atomic mass is 10.0. The van der Waals surface area contributed by atoms with Crippen molar-refractivity contribution < 1.29 is 13.5 Å². The molecular weight excluding hydrogens is 312 g/mol. The maximum atomic E-state index is 11.6. The molecule has 3 rings (SSSR count). The van der Waals surface area contributed by atoms with E-state index in [4.69, 9.17) is 0 Å². The Bertz CT molecular complexity index is 679. The summed E-state index contributed by atoms with van der Waals surface area (Å²) in [5.74, 6) is 1.04. The van der Waals surface area contributed by atoms with Gasteiger partial charge < -0.3 is 5.11 Å². The van der Waals surface area contributed by atoms with Crippen LogP contribution in [0.4, 0.5) is 0 Å². The van der Waals surface area contributed by atoms with Crippen molar-refractivity contribution in [3.63, 3.8) is 0 Å². The van der Waals surface area contributed by atoms with Crippen LogP contribution in [0.15, 0.2) is 12.1 Å². The monoisotopic (exact) mass is 338 g/mol. The smallest absolute Gasteiger partial charge is 0.151 e. The van der Waals surface area contributed by atoms with E-state index in [1.165, 1.54) is 5.56 Å². The van der Waals surface area contributed by atoms with Crippen molar-refractivity contribution in [2.75, 3.05) is 37.7 Å². The van der Waals surface area contributed by atoms with Crippen LogP contribution in [0.2, 0.25) is 0 Å². The molecule has 2 fully saturated rings. The lowest BCUT2D eigenvalue weighted by Crippen LogP contribution is -2.50. The van der Waals surface area contributed by atoms with Crippen LogP contribution in [0.1, 0.15) is 23.1 Å². The lowest BCUT2D eigenvalue weighted by molar-refractivity contribution is 0.0995. The van der Waals surface area contributed by atoms with Crippen molar-refractivity contribution >= 4 is 9.84 Å².